The molecule has 0 saturated carbocycles. The molecular weight excluding hydrogens is 364 g/mol. The lowest BCUT2D eigenvalue weighted by Crippen LogP contribution is -2.37. The molecule has 0 saturated heterocycles. The second kappa shape index (κ2) is 7.55. The summed E-state index contributed by atoms with van der Waals surface area (Å²) >= 11 is 0. The molecule has 1 N–H and O–H groups in total. The number of hydrogen-bond acceptors (Lipinski definition) is 6. The molecule has 0 radical (unpaired) electrons. The maximum absolute atomic E-state index is 12.5. The molecule has 1 aromatic carbocycles. The van der Waals surface area contributed by atoms with E-state index in [9.17, 15) is 14.4 Å². The predicted molar refractivity (Wildman–Crippen MR) is 103 cm³/mol. The number of methoxy groups -OCH3 is 2. The summed E-state index contributed by atoms with van der Waals surface area (Å²) < 4.78 is 12.8. The van der Waals surface area contributed by atoms with Crippen LogP contribution in [0.1, 0.15) is 16.1 Å². The number of fused-ring (bicyclic) bond motifs is 1. The lowest BCUT2D eigenvalue weighted by molar-refractivity contribution is 0.0946. The Hall–Kier alpha value is -3.62. The highest BCUT2D eigenvalue weighted by Crippen LogP contribution is 2.30. The fourth-order valence-corrected chi connectivity index (χ4v) is 2.94. The Morgan fingerprint density at radius 1 is 1.07 bits per heavy atom. The van der Waals surface area contributed by atoms with Gasteiger partial charge in [0.2, 0.25) is 0 Å². The first-order valence-electron chi connectivity index (χ1n) is 8.43. The van der Waals surface area contributed by atoms with Crippen LogP contribution >= 0.6 is 0 Å². The molecule has 28 heavy (non-hydrogen) atoms. The number of hydrogen-bond donors (Lipinski definition) is 1. The zero-order valence-electron chi connectivity index (χ0n) is 16.0. The minimum absolute atomic E-state index is 0.0950. The summed E-state index contributed by atoms with van der Waals surface area (Å²) in [5.74, 6) is 0.645. The number of benzene rings is 1. The van der Waals surface area contributed by atoms with Gasteiger partial charge in [-0.05, 0) is 18.2 Å². The number of aromatic nitrogens is 3. The number of pyridine rings is 1. The maximum Gasteiger partial charge on any atom is 0.332 e. The first kappa shape index (κ1) is 19.2. The van der Waals surface area contributed by atoms with Crippen molar-refractivity contribution >= 4 is 16.9 Å². The SMILES string of the molecule is COc1cccc(CNC(=O)c2ccc3c(=O)n(C)c(=O)n(C)c3n2)c1OC. The Balaban J connectivity index is 1.91. The van der Waals surface area contributed by atoms with Crippen molar-refractivity contribution in [3.05, 3.63) is 62.4 Å². The van der Waals surface area contributed by atoms with Crippen LogP contribution < -0.4 is 26.0 Å². The van der Waals surface area contributed by atoms with E-state index >= 15 is 0 Å². The van der Waals surface area contributed by atoms with Gasteiger partial charge < -0.3 is 14.8 Å². The molecule has 2 aromatic heterocycles. The Morgan fingerprint density at radius 2 is 1.82 bits per heavy atom. The van der Waals surface area contributed by atoms with E-state index in [2.05, 4.69) is 10.3 Å². The fraction of sp³-hybridized carbons (Fsp3) is 0.263. The van der Waals surface area contributed by atoms with E-state index in [0.29, 0.717) is 11.5 Å². The molecule has 0 aliphatic rings. The van der Waals surface area contributed by atoms with Crippen LogP contribution in [0, 0.1) is 0 Å². The summed E-state index contributed by atoms with van der Waals surface area (Å²) in [5, 5.41) is 3.02. The van der Waals surface area contributed by atoms with Crippen molar-refractivity contribution < 1.29 is 14.3 Å². The number of carbonyl (C=O) groups excluding carboxylic acids is 1. The highest BCUT2D eigenvalue weighted by molar-refractivity contribution is 5.94. The van der Waals surface area contributed by atoms with Crippen molar-refractivity contribution in [1.82, 2.24) is 19.4 Å². The summed E-state index contributed by atoms with van der Waals surface area (Å²) in [5.41, 5.74) is 0.0111. The quantitative estimate of drug-likeness (QED) is 0.690. The molecule has 0 atom stereocenters. The van der Waals surface area contributed by atoms with Crippen LogP contribution in [0.15, 0.2) is 39.9 Å². The van der Waals surface area contributed by atoms with E-state index in [0.717, 1.165) is 10.1 Å². The van der Waals surface area contributed by atoms with Gasteiger partial charge in [-0.3, -0.25) is 18.7 Å². The number of nitrogens with zero attached hydrogens (tertiary/aromatic N) is 3. The standard InChI is InChI=1S/C19H20N4O5/c1-22-16-12(18(25)23(2)19(22)26)8-9-13(21-16)17(24)20-10-11-6-5-7-14(27-3)15(11)28-4/h5-9H,10H2,1-4H3,(H,20,24). The molecular formula is C19H20N4O5. The summed E-state index contributed by atoms with van der Waals surface area (Å²) in [6, 6.07) is 8.30. The number of rotatable bonds is 5. The van der Waals surface area contributed by atoms with Gasteiger partial charge in [0.25, 0.3) is 11.5 Å². The van der Waals surface area contributed by atoms with E-state index in [4.69, 9.17) is 9.47 Å². The summed E-state index contributed by atoms with van der Waals surface area (Å²) in [4.78, 5) is 41.0. The van der Waals surface area contributed by atoms with Crippen LogP contribution in [-0.2, 0) is 20.6 Å². The van der Waals surface area contributed by atoms with Crippen molar-refractivity contribution in [2.24, 2.45) is 14.1 Å². The zero-order valence-corrected chi connectivity index (χ0v) is 16.0. The molecule has 1 amide bonds. The average molecular weight is 384 g/mol. The third kappa shape index (κ3) is 3.22. The van der Waals surface area contributed by atoms with E-state index in [1.54, 1.807) is 12.1 Å². The van der Waals surface area contributed by atoms with Crippen molar-refractivity contribution in [1.29, 1.82) is 0 Å². The van der Waals surface area contributed by atoms with Crippen LogP contribution in [-0.4, -0.2) is 34.2 Å². The smallest absolute Gasteiger partial charge is 0.332 e. The molecule has 3 rings (SSSR count). The Kier molecular flexibility index (Phi) is 5.16. The molecule has 9 heteroatoms. The number of carbonyl (C=O) groups is 1. The molecule has 0 unspecified atom stereocenters. The normalized spacial score (nSPS) is 10.7. The lowest BCUT2D eigenvalue weighted by Gasteiger charge is -2.13. The van der Waals surface area contributed by atoms with Crippen LogP contribution in [0.25, 0.3) is 11.0 Å². The zero-order chi connectivity index (χ0) is 20.4. The molecule has 3 aromatic rings. The van der Waals surface area contributed by atoms with Gasteiger partial charge in [0.1, 0.15) is 11.3 Å². The fourth-order valence-electron chi connectivity index (χ4n) is 2.94. The minimum Gasteiger partial charge on any atom is -0.493 e. The Bertz CT molecular complexity index is 1180. The number of para-hydroxylation sites is 1. The maximum atomic E-state index is 12.5. The highest BCUT2D eigenvalue weighted by atomic mass is 16.5. The third-order valence-electron chi connectivity index (χ3n) is 4.46. The Labute approximate surface area is 160 Å². The second-order valence-corrected chi connectivity index (χ2v) is 6.11. The first-order valence-corrected chi connectivity index (χ1v) is 8.43. The van der Waals surface area contributed by atoms with Crippen molar-refractivity contribution in [2.75, 3.05) is 14.2 Å². The molecule has 0 fully saturated rings. The topological polar surface area (TPSA) is 104 Å². The van der Waals surface area contributed by atoms with Crippen molar-refractivity contribution in [2.45, 2.75) is 6.54 Å². The monoisotopic (exact) mass is 384 g/mol. The average Bonchev–Trinajstić information content (AvgIpc) is 2.73. The van der Waals surface area contributed by atoms with E-state index in [1.807, 2.05) is 6.07 Å². The molecule has 0 aliphatic heterocycles. The van der Waals surface area contributed by atoms with Crippen LogP contribution in [0.2, 0.25) is 0 Å². The van der Waals surface area contributed by atoms with E-state index in [-0.39, 0.29) is 23.3 Å². The van der Waals surface area contributed by atoms with Crippen LogP contribution in [0.4, 0.5) is 0 Å². The number of amides is 1. The van der Waals surface area contributed by atoms with Gasteiger partial charge in [-0.2, -0.15) is 0 Å². The van der Waals surface area contributed by atoms with E-state index in [1.165, 1.54) is 45.0 Å². The first-order chi connectivity index (χ1) is 13.4. The van der Waals surface area contributed by atoms with Gasteiger partial charge in [-0.15, -0.1) is 0 Å². The van der Waals surface area contributed by atoms with Crippen molar-refractivity contribution in [3.63, 3.8) is 0 Å². The van der Waals surface area contributed by atoms with Gasteiger partial charge in [0, 0.05) is 26.2 Å². The largest absolute Gasteiger partial charge is 0.493 e. The van der Waals surface area contributed by atoms with Gasteiger partial charge in [0.15, 0.2) is 11.5 Å². The van der Waals surface area contributed by atoms with Gasteiger partial charge in [0.05, 0.1) is 19.6 Å². The molecule has 146 valence electrons. The van der Waals surface area contributed by atoms with Gasteiger partial charge >= 0.3 is 5.69 Å². The van der Waals surface area contributed by atoms with Gasteiger partial charge in [-0.1, -0.05) is 12.1 Å². The predicted octanol–water partition coefficient (Wildman–Crippen LogP) is 0.579. The molecule has 2 heterocycles. The number of ether oxygens (including phenoxy) is 2. The van der Waals surface area contributed by atoms with Crippen molar-refractivity contribution in [3.8, 4) is 11.5 Å². The highest BCUT2D eigenvalue weighted by Gasteiger charge is 2.15. The van der Waals surface area contributed by atoms with E-state index < -0.39 is 17.2 Å². The minimum atomic E-state index is -0.510. The third-order valence-corrected chi connectivity index (χ3v) is 4.46. The van der Waals surface area contributed by atoms with Crippen LogP contribution in [0.3, 0.4) is 0 Å². The lowest BCUT2D eigenvalue weighted by atomic mass is 10.1. The molecule has 0 bridgehead atoms. The summed E-state index contributed by atoms with van der Waals surface area (Å²) in [6.45, 7) is 0.189. The summed E-state index contributed by atoms with van der Waals surface area (Å²) in [6.07, 6.45) is 0. The molecule has 0 aliphatic carbocycles. The van der Waals surface area contributed by atoms with Crippen LogP contribution in [0.5, 0.6) is 11.5 Å². The van der Waals surface area contributed by atoms with Gasteiger partial charge in [-0.25, -0.2) is 9.78 Å². The number of nitrogens with one attached hydrogen (secondary N) is 1. The molecule has 0 spiro atoms. The molecule has 9 nitrogen and oxygen atoms in total. The summed E-state index contributed by atoms with van der Waals surface area (Å²) in [7, 11) is 5.95. The second-order valence-electron chi connectivity index (χ2n) is 6.11. The number of aryl methyl sites for hydroxylation is 1. The Morgan fingerprint density at radius 3 is 2.50 bits per heavy atom.